The topological polar surface area (TPSA) is 64.3 Å². The van der Waals surface area contributed by atoms with Gasteiger partial charge in [0.25, 0.3) is 0 Å². The van der Waals surface area contributed by atoms with Gasteiger partial charge in [-0.1, -0.05) is 6.92 Å². The highest BCUT2D eigenvalue weighted by molar-refractivity contribution is 5.66. The fourth-order valence-electron chi connectivity index (χ4n) is 1.49. The standard InChI is InChI=1S/C8H12N2O2/c1-6-2-3-10(8(11)12)7(4-6)5-9/h6-7H,2-4H2,1H3,(H,11,12)/t6-,7-/m1/s1. The van der Waals surface area contributed by atoms with E-state index in [4.69, 9.17) is 10.4 Å². The fourth-order valence-corrected chi connectivity index (χ4v) is 1.49. The molecule has 66 valence electrons. The van der Waals surface area contributed by atoms with Crippen molar-refractivity contribution in [3.63, 3.8) is 0 Å². The summed E-state index contributed by atoms with van der Waals surface area (Å²) in [5.41, 5.74) is 0. The molecule has 1 aliphatic rings. The van der Waals surface area contributed by atoms with Gasteiger partial charge in [0.05, 0.1) is 6.07 Å². The van der Waals surface area contributed by atoms with E-state index in [1.54, 1.807) is 0 Å². The number of likely N-dealkylation sites (tertiary alicyclic amines) is 1. The second-order valence-electron chi connectivity index (χ2n) is 3.25. The molecule has 0 radical (unpaired) electrons. The van der Waals surface area contributed by atoms with Gasteiger partial charge in [-0.3, -0.25) is 4.90 Å². The molecule has 1 aliphatic heterocycles. The van der Waals surface area contributed by atoms with E-state index in [1.165, 1.54) is 4.90 Å². The number of hydrogen-bond acceptors (Lipinski definition) is 2. The molecule has 1 saturated heterocycles. The average Bonchev–Trinajstić information content (AvgIpc) is 2.03. The minimum atomic E-state index is -0.978. The first kappa shape index (κ1) is 8.85. The molecule has 0 aromatic carbocycles. The quantitative estimate of drug-likeness (QED) is 0.592. The van der Waals surface area contributed by atoms with Crippen molar-refractivity contribution in [2.75, 3.05) is 6.54 Å². The molecule has 1 amide bonds. The molecule has 0 bridgehead atoms. The monoisotopic (exact) mass is 168 g/mol. The Morgan fingerprint density at radius 3 is 2.92 bits per heavy atom. The Balaban J connectivity index is 2.64. The summed E-state index contributed by atoms with van der Waals surface area (Å²) in [5.74, 6) is 0.463. The second-order valence-corrected chi connectivity index (χ2v) is 3.25. The van der Waals surface area contributed by atoms with Crippen LogP contribution in [-0.4, -0.2) is 28.7 Å². The first-order valence-electron chi connectivity index (χ1n) is 4.04. The largest absolute Gasteiger partial charge is 0.465 e. The van der Waals surface area contributed by atoms with Gasteiger partial charge >= 0.3 is 6.09 Å². The van der Waals surface area contributed by atoms with Crippen molar-refractivity contribution >= 4 is 6.09 Å². The van der Waals surface area contributed by atoms with Gasteiger partial charge in [-0.15, -0.1) is 0 Å². The van der Waals surface area contributed by atoms with E-state index in [0.717, 1.165) is 6.42 Å². The first-order valence-corrected chi connectivity index (χ1v) is 4.04. The average molecular weight is 168 g/mol. The highest BCUT2D eigenvalue weighted by Gasteiger charge is 2.29. The number of piperidine rings is 1. The van der Waals surface area contributed by atoms with Gasteiger partial charge in [0.1, 0.15) is 6.04 Å². The van der Waals surface area contributed by atoms with Gasteiger partial charge in [-0.05, 0) is 18.8 Å². The minimum Gasteiger partial charge on any atom is -0.465 e. The Morgan fingerprint density at radius 2 is 2.42 bits per heavy atom. The Morgan fingerprint density at radius 1 is 1.75 bits per heavy atom. The molecule has 4 heteroatoms. The van der Waals surface area contributed by atoms with Crippen LogP contribution in [0.15, 0.2) is 0 Å². The van der Waals surface area contributed by atoms with Gasteiger partial charge in [-0.25, -0.2) is 4.79 Å². The lowest BCUT2D eigenvalue weighted by molar-refractivity contribution is 0.110. The van der Waals surface area contributed by atoms with Crippen LogP contribution >= 0.6 is 0 Å². The van der Waals surface area contributed by atoms with E-state index >= 15 is 0 Å². The summed E-state index contributed by atoms with van der Waals surface area (Å²) in [4.78, 5) is 11.8. The van der Waals surface area contributed by atoms with E-state index in [-0.39, 0.29) is 0 Å². The summed E-state index contributed by atoms with van der Waals surface area (Å²) in [7, 11) is 0. The fraction of sp³-hybridized carbons (Fsp3) is 0.750. The molecule has 0 aromatic heterocycles. The molecule has 0 spiro atoms. The maximum absolute atomic E-state index is 10.6. The zero-order valence-electron chi connectivity index (χ0n) is 7.03. The minimum absolute atomic E-state index is 0.439. The zero-order chi connectivity index (χ0) is 9.14. The summed E-state index contributed by atoms with van der Waals surface area (Å²) in [6, 6.07) is 1.57. The Labute approximate surface area is 71.4 Å². The van der Waals surface area contributed by atoms with Crippen molar-refractivity contribution in [3.8, 4) is 6.07 Å². The number of nitrogens with zero attached hydrogens (tertiary/aromatic N) is 2. The highest BCUT2D eigenvalue weighted by Crippen LogP contribution is 2.21. The Hall–Kier alpha value is -1.24. The van der Waals surface area contributed by atoms with Crippen LogP contribution in [0.4, 0.5) is 4.79 Å². The Kier molecular flexibility index (Phi) is 2.54. The van der Waals surface area contributed by atoms with Crippen molar-refractivity contribution in [1.82, 2.24) is 4.90 Å². The van der Waals surface area contributed by atoms with Crippen molar-refractivity contribution in [1.29, 1.82) is 5.26 Å². The normalized spacial score (nSPS) is 29.5. The molecule has 0 saturated carbocycles. The lowest BCUT2D eigenvalue weighted by Crippen LogP contribution is -2.44. The van der Waals surface area contributed by atoms with E-state index in [0.29, 0.717) is 18.9 Å². The van der Waals surface area contributed by atoms with Crippen LogP contribution in [0.1, 0.15) is 19.8 Å². The van der Waals surface area contributed by atoms with Gasteiger partial charge in [0.15, 0.2) is 0 Å². The number of rotatable bonds is 0. The lowest BCUT2D eigenvalue weighted by Gasteiger charge is -2.32. The molecule has 0 aliphatic carbocycles. The van der Waals surface area contributed by atoms with Crippen LogP contribution < -0.4 is 0 Å². The highest BCUT2D eigenvalue weighted by atomic mass is 16.4. The van der Waals surface area contributed by atoms with Crippen LogP contribution in [0, 0.1) is 17.2 Å². The van der Waals surface area contributed by atoms with Crippen LogP contribution in [0.3, 0.4) is 0 Å². The molecule has 1 rings (SSSR count). The van der Waals surface area contributed by atoms with Crippen molar-refractivity contribution < 1.29 is 9.90 Å². The molecule has 2 atom stereocenters. The third-order valence-corrected chi connectivity index (χ3v) is 2.26. The summed E-state index contributed by atoms with van der Waals surface area (Å²) in [6.45, 7) is 2.54. The molecule has 12 heavy (non-hydrogen) atoms. The van der Waals surface area contributed by atoms with E-state index in [9.17, 15) is 4.79 Å². The predicted octanol–water partition coefficient (Wildman–Crippen LogP) is 1.29. The van der Waals surface area contributed by atoms with Crippen LogP contribution in [0.2, 0.25) is 0 Å². The zero-order valence-corrected chi connectivity index (χ0v) is 7.03. The number of carboxylic acid groups (broad SMARTS) is 1. The maximum atomic E-state index is 10.6. The maximum Gasteiger partial charge on any atom is 0.408 e. The van der Waals surface area contributed by atoms with Gasteiger partial charge in [-0.2, -0.15) is 5.26 Å². The molecular weight excluding hydrogens is 156 g/mol. The van der Waals surface area contributed by atoms with Crippen molar-refractivity contribution in [3.05, 3.63) is 0 Å². The SMILES string of the molecule is C[C@@H]1CCN(C(=O)O)[C@@H](C#N)C1. The summed E-state index contributed by atoms with van der Waals surface area (Å²) in [5, 5.41) is 17.4. The molecule has 1 fully saturated rings. The van der Waals surface area contributed by atoms with E-state index in [1.807, 2.05) is 13.0 Å². The van der Waals surface area contributed by atoms with Crippen molar-refractivity contribution in [2.24, 2.45) is 5.92 Å². The molecule has 0 unspecified atom stereocenters. The van der Waals surface area contributed by atoms with E-state index in [2.05, 4.69) is 0 Å². The molecule has 1 heterocycles. The predicted molar refractivity (Wildman–Crippen MR) is 42.5 cm³/mol. The summed E-state index contributed by atoms with van der Waals surface area (Å²) in [6.07, 6.45) is 0.557. The first-order chi connectivity index (χ1) is 5.65. The third-order valence-electron chi connectivity index (χ3n) is 2.26. The number of hydrogen-bond donors (Lipinski definition) is 1. The molecule has 4 nitrogen and oxygen atoms in total. The number of carbonyl (C=O) groups is 1. The van der Waals surface area contributed by atoms with Crippen molar-refractivity contribution in [2.45, 2.75) is 25.8 Å². The second kappa shape index (κ2) is 3.44. The van der Waals surface area contributed by atoms with Gasteiger partial charge in [0, 0.05) is 6.54 Å². The van der Waals surface area contributed by atoms with Gasteiger partial charge in [0.2, 0.25) is 0 Å². The number of amides is 1. The number of nitriles is 1. The van der Waals surface area contributed by atoms with E-state index < -0.39 is 12.1 Å². The molecular formula is C8H12N2O2. The van der Waals surface area contributed by atoms with Crippen LogP contribution in [0.25, 0.3) is 0 Å². The molecule has 1 N–H and O–H groups in total. The van der Waals surface area contributed by atoms with Crippen LogP contribution in [0.5, 0.6) is 0 Å². The lowest BCUT2D eigenvalue weighted by atomic mass is 9.93. The third kappa shape index (κ3) is 1.67. The Bertz CT molecular complexity index is 222. The van der Waals surface area contributed by atoms with Gasteiger partial charge < -0.3 is 5.11 Å². The summed E-state index contributed by atoms with van der Waals surface area (Å²) >= 11 is 0. The molecule has 0 aromatic rings. The summed E-state index contributed by atoms with van der Waals surface area (Å²) < 4.78 is 0. The smallest absolute Gasteiger partial charge is 0.408 e. The van der Waals surface area contributed by atoms with Crippen LogP contribution in [-0.2, 0) is 0 Å².